The summed E-state index contributed by atoms with van der Waals surface area (Å²) in [6.45, 7) is 8.40. The molecule has 1 atom stereocenters. The molecule has 3 heterocycles. The number of thiazole rings is 1. The second-order valence-electron chi connectivity index (χ2n) is 7.92. The summed E-state index contributed by atoms with van der Waals surface area (Å²) in [4.78, 5) is 35.3. The predicted molar refractivity (Wildman–Crippen MR) is 109 cm³/mol. The third-order valence-electron chi connectivity index (χ3n) is 4.30. The van der Waals surface area contributed by atoms with Gasteiger partial charge in [0, 0.05) is 37.8 Å². The van der Waals surface area contributed by atoms with E-state index in [4.69, 9.17) is 9.72 Å². The number of rotatable bonds is 3. The maximum Gasteiger partial charge on any atom is 0.410 e. The van der Waals surface area contributed by atoms with Crippen molar-refractivity contribution in [1.82, 2.24) is 14.9 Å². The molecule has 1 aliphatic rings. The molecule has 1 saturated heterocycles. The Morgan fingerprint density at radius 1 is 1.32 bits per heavy atom. The van der Waals surface area contributed by atoms with Crippen LogP contribution in [0.2, 0.25) is 0 Å². The van der Waals surface area contributed by atoms with Crippen molar-refractivity contribution in [2.45, 2.75) is 52.1 Å². The van der Waals surface area contributed by atoms with E-state index in [-0.39, 0.29) is 17.9 Å². The zero-order chi connectivity index (χ0) is 20.3. The summed E-state index contributed by atoms with van der Waals surface area (Å²) < 4.78 is 5.51. The monoisotopic (exact) mass is 402 g/mol. The van der Waals surface area contributed by atoms with Crippen LogP contribution < -0.4 is 5.32 Å². The van der Waals surface area contributed by atoms with Gasteiger partial charge in [-0.3, -0.25) is 9.78 Å². The smallest absolute Gasteiger partial charge is 0.410 e. The van der Waals surface area contributed by atoms with E-state index >= 15 is 0 Å². The van der Waals surface area contributed by atoms with Crippen LogP contribution in [0.1, 0.15) is 52.1 Å². The lowest BCUT2D eigenvalue weighted by atomic mass is 9.94. The zero-order valence-corrected chi connectivity index (χ0v) is 17.5. The minimum atomic E-state index is -0.500. The number of aromatic nitrogens is 2. The molecule has 0 aliphatic carbocycles. The van der Waals surface area contributed by atoms with Crippen LogP contribution in [0.15, 0.2) is 24.4 Å². The second kappa shape index (κ2) is 8.26. The molecule has 0 radical (unpaired) electrons. The van der Waals surface area contributed by atoms with Crippen LogP contribution in [-0.4, -0.2) is 45.6 Å². The van der Waals surface area contributed by atoms with Crippen LogP contribution in [-0.2, 0) is 9.53 Å². The molecule has 2 amide bonds. The van der Waals surface area contributed by atoms with Crippen molar-refractivity contribution in [2.75, 3.05) is 18.4 Å². The SMILES string of the molecule is CC(=O)Nc1ncc(-c2cccc(C3CCCN(C(=O)OC(C)(C)C)C3)n2)s1. The topological polar surface area (TPSA) is 84.4 Å². The standard InChI is InChI=1S/C20H26N4O3S/c1-13(25)22-18-21-11-17(28-18)16-9-5-8-15(23-16)14-7-6-10-24(12-14)19(26)27-20(2,3)4/h5,8-9,11,14H,6-7,10,12H2,1-4H3,(H,21,22,25). The minimum absolute atomic E-state index is 0.146. The van der Waals surface area contributed by atoms with Crippen LogP contribution in [0.5, 0.6) is 0 Å². The van der Waals surface area contributed by atoms with Crippen molar-refractivity contribution in [1.29, 1.82) is 0 Å². The number of hydrogen-bond acceptors (Lipinski definition) is 6. The molecule has 3 rings (SSSR count). The summed E-state index contributed by atoms with van der Waals surface area (Å²) in [5.41, 5.74) is 1.28. The van der Waals surface area contributed by atoms with Crippen molar-refractivity contribution in [3.8, 4) is 10.6 Å². The van der Waals surface area contributed by atoms with E-state index in [9.17, 15) is 9.59 Å². The number of amides is 2. The van der Waals surface area contributed by atoms with Crippen molar-refractivity contribution in [2.24, 2.45) is 0 Å². The number of anilines is 1. The molecular formula is C20H26N4O3S. The first-order chi connectivity index (χ1) is 13.2. The van der Waals surface area contributed by atoms with E-state index in [0.717, 1.165) is 29.1 Å². The Balaban J connectivity index is 1.73. The van der Waals surface area contributed by atoms with Crippen LogP contribution in [0.3, 0.4) is 0 Å². The molecule has 1 unspecified atom stereocenters. The average Bonchev–Trinajstić information content (AvgIpc) is 3.08. The first kappa shape index (κ1) is 20.3. The van der Waals surface area contributed by atoms with E-state index in [1.54, 1.807) is 11.1 Å². The van der Waals surface area contributed by atoms with E-state index in [1.807, 2.05) is 39.0 Å². The number of ether oxygens (including phenoxy) is 1. The molecule has 0 bridgehead atoms. The van der Waals surface area contributed by atoms with Gasteiger partial charge >= 0.3 is 6.09 Å². The van der Waals surface area contributed by atoms with E-state index in [2.05, 4.69) is 10.3 Å². The first-order valence-electron chi connectivity index (χ1n) is 9.40. The normalized spacial score (nSPS) is 17.3. The average molecular weight is 403 g/mol. The van der Waals surface area contributed by atoms with Gasteiger partial charge in [-0.05, 0) is 45.7 Å². The number of carbonyl (C=O) groups is 2. The fourth-order valence-corrected chi connectivity index (χ4v) is 3.96. The second-order valence-corrected chi connectivity index (χ2v) is 8.95. The summed E-state index contributed by atoms with van der Waals surface area (Å²) in [7, 11) is 0. The van der Waals surface area contributed by atoms with Gasteiger partial charge in [0.2, 0.25) is 5.91 Å². The minimum Gasteiger partial charge on any atom is -0.444 e. The highest BCUT2D eigenvalue weighted by Gasteiger charge is 2.29. The number of nitrogens with zero attached hydrogens (tertiary/aromatic N) is 3. The highest BCUT2D eigenvalue weighted by Crippen LogP contribution is 2.31. The largest absolute Gasteiger partial charge is 0.444 e. The quantitative estimate of drug-likeness (QED) is 0.828. The predicted octanol–water partition coefficient (Wildman–Crippen LogP) is 4.28. The maximum absolute atomic E-state index is 12.4. The van der Waals surface area contributed by atoms with Gasteiger partial charge < -0.3 is 15.0 Å². The van der Waals surface area contributed by atoms with Gasteiger partial charge in [-0.15, -0.1) is 0 Å². The Hall–Kier alpha value is -2.48. The molecule has 1 aliphatic heterocycles. The summed E-state index contributed by atoms with van der Waals surface area (Å²) >= 11 is 1.39. The molecule has 0 saturated carbocycles. The fourth-order valence-electron chi connectivity index (χ4n) is 3.13. The van der Waals surface area contributed by atoms with E-state index in [0.29, 0.717) is 18.2 Å². The Morgan fingerprint density at radius 3 is 2.82 bits per heavy atom. The molecule has 2 aromatic rings. The zero-order valence-electron chi connectivity index (χ0n) is 16.7. The van der Waals surface area contributed by atoms with Gasteiger partial charge in [0.15, 0.2) is 5.13 Å². The van der Waals surface area contributed by atoms with Gasteiger partial charge in [-0.2, -0.15) is 0 Å². The fraction of sp³-hybridized carbons (Fsp3) is 0.500. The summed E-state index contributed by atoms with van der Waals surface area (Å²) in [6.07, 6.45) is 3.35. The number of nitrogens with one attached hydrogen (secondary N) is 1. The molecule has 28 heavy (non-hydrogen) atoms. The lowest BCUT2D eigenvalue weighted by Crippen LogP contribution is -2.42. The first-order valence-corrected chi connectivity index (χ1v) is 10.2. The van der Waals surface area contributed by atoms with Crippen molar-refractivity contribution in [3.05, 3.63) is 30.1 Å². The summed E-state index contributed by atoms with van der Waals surface area (Å²) in [5.74, 6) is 0.0241. The van der Waals surface area contributed by atoms with E-state index in [1.165, 1.54) is 18.3 Å². The van der Waals surface area contributed by atoms with Crippen LogP contribution in [0.4, 0.5) is 9.93 Å². The molecule has 0 spiro atoms. The lowest BCUT2D eigenvalue weighted by Gasteiger charge is -2.34. The Kier molecular flexibility index (Phi) is 5.98. The van der Waals surface area contributed by atoms with Crippen molar-refractivity contribution in [3.63, 3.8) is 0 Å². The highest BCUT2D eigenvalue weighted by molar-refractivity contribution is 7.19. The third-order valence-corrected chi connectivity index (χ3v) is 5.24. The van der Waals surface area contributed by atoms with Gasteiger partial charge in [0.25, 0.3) is 0 Å². The summed E-state index contributed by atoms with van der Waals surface area (Å²) in [6, 6.07) is 5.91. The van der Waals surface area contributed by atoms with Gasteiger partial charge in [-0.25, -0.2) is 9.78 Å². The number of hydrogen-bond donors (Lipinski definition) is 1. The molecule has 150 valence electrons. The van der Waals surface area contributed by atoms with Crippen molar-refractivity contribution >= 4 is 28.5 Å². The molecule has 0 aromatic carbocycles. The number of piperidine rings is 1. The van der Waals surface area contributed by atoms with Crippen LogP contribution in [0.25, 0.3) is 10.6 Å². The Labute approximate surface area is 169 Å². The maximum atomic E-state index is 12.4. The Morgan fingerprint density at radius 2 is 2.11 bits per heavy atom. The van der Waals surface area contributed by atoms with Gasteiger partial charge in [-0.1, -0.05) is 17.4 Å². The number of likely N-dealkylation sites (tertiary alicyclic amines) is 1. The third kappa shape index (κ3) is 5.28. The molecule has 8 heteroatoms. The van der Waals surface area contributed by atoms with E-state index < -0.39 is 5.60 Å². The van der Waals surface area contributed by atoms with Crippen molar-refractivity contribution < 1.29 is 14.3 Å². The molecule has 2 aromatic heterocycles. The lowest BCUT2D eigenvalue weighted by molar-refractivity contribution is -0.114. The molecule has 1 N–H and O–H groups in total. The highest BCUT2D eigenvalue weighted by atomic mass is 32.1. The molecule has 7 nitrogen and oxygen atoms in total. The Bertz CT molecular complexity index is 859. The molecule has 1 fully saturated rings. The van der Waals surface area contributed by atoms with Gasteiger partial charge in [0.1, 0.15) is 5.60 Å². The number of pyridine rings is 1. The molecular weight excluding hydrogens is 376 g/mol. The van der Waals surface area contributed by atoms with Gasteiger partial charge in [0.05, 0.1) is 10.6 Å². The van der Waals surface area contributed by atoms with Crippen LogP contribution in [0, 0.1) is 0 Å². The number of carbonyl (C=O) groups excluding carboxylic acids is 2. The van der Waals surface area contributed by atoms with Crippen LogP contribution >= 0.6 is 11.3 Å². The summed E-state index contributed by atoms with van der Waals surface area (Å²) in [5, 5.41) is 3.25.